The molecule has 2 atom stereocenters. The highest BCUT2D eigenvalue weighted by Gasteiger charge is 2.42. The third-order valence-electron chi connectivity index (χ3n) is 5.22. The van der Waals surface area contributed by atoms with Gasteiger partial charge in [0.1, 0.15) is 0 Å². The van der Waals surface area contributed by atoms with E-state index in [4.69, 9.17) is 0 Å². The number of rotatable bonds is 3. The fourth-order valence-electron chi connectivity index (χ4n) is 4.15. The largest absolute Gasteiger partial charge is 0.317 e. The number of hydrogen-bond donors (Lipinski definition) is 1. The van der Waals surface area contributed by atoms with Crippen molar-refractivity contribution in [3.05, 3.63) is 0 Å². The fraction of sp³-hybridized carbons (Fsp3) is 1.00. The van der Waals surface area contributed by atoms with Gasteiger partial charge in [-0.1, -0.05) is 12.8 Å². The van der Waals surface area contributed by atoms with E-state index in [1.165, 1.54) is 19.3 Å². The van der Waals surface area contributed by atoms with E-state index in [1.807, 2.05) is 4.31 Å². The van der Waals surface area contributed by atoms with E-state index in [0.717, 1.165) is 45.3 Å². The number of sulfonamides is 1. The predicted molar refractivity (Wildman–Crippen MR) is 76.4 cm³/mol. The third kappa shape index (κ3) is 2.98. The number of nitrogens with zero attached hydrogens (tertiary/aromatic N) is 1. The summed E-state index contributed by atoms with van der Waals surface area (Å²) >= 11 is 0. The Kier molecular flexibility index (Phi) is 4.15. The minimum atomic E-state index is -3.02. The summed E-state index contributed by atoms with van der Waals surface area (Å²) in [4.78, 5) is 0. The van der Waals surface area contributed by atoms with Crippen LogP contribution in [0.25, 0.3) is 0 Å². The Morgan fingerprint density at radius 1 is 1.00 bits per heavy atom. The van der Waals surface area contributed by atoms with Crippen LogP contribution < -0.4 is 5.32 Å². The van der Waals surface area contributed by atoms with Gasteiger partial charge in [0.15, 0.2) is 0 Å². The summed E-state index contributed by atoms with van der Waals surface area (Å²) in [6.45, 7) is 2.74. The van der Waals surface area contributed by atoms with Gasteiger partial charge in [0, 0.05) is 12.6 Å². The highest BCUT2D eigenvalue weighted by atomic mass is 32.2. The molecule has 2 aliphatic heterocycles. The molecule has 2 saturated heterocycles. The lowest BCUT2D eigenvalue weighted by atomic mass is 9.86. The van der Waals surface area contributed by atoms with Crippen molar-refractivity contribution in [3.63, 3.8) is 0 Å². The minimum Gasteiger partial charge on any atom is -0.317 e. The molecule has 1 aliphatic carbocycles. The van der Waals surface area contributed by atoms with Crippen LogP contribution in [0.2, 0.25) is 0 Å². The number of piperidine rings is 1. The van der Waals surface area contributed by atoms with Gasteiger partial charge in [-0.3, -0.25) is 0 Å². The first-order valence-electron chi connectivity index (χ1n) is 7.87. The molecule has 3 fully saturated rings. The van der Waals surface area contributed by atoms with Gasteiger partial charge in [0.2, 0.25) is 10.0 Å². The van der Waals surface area contributed by atoms with E-state index < -0.39 is 10.0 Å². The lowest BCUT2D eigenvalue weighted by Gasteiger charge is -2.32. The van der Waals surface area contributed by atoms with Crippen molar-refractivity contribution in [2.24, 2.45) is 11.8 Å². The number of nitrogens with one attached hydrogen (secondary N) is 1. The summed E-state index contributed by atoms with van der Waals surface area (Å²) in [5, 5.41) is 3.31. The summed E-state index contributed by atoms with van der Waals surface area (Å²) < 4.78 is 27.2. The highest BCUT2D eigenvalue weighted by molar-refractivity contribution is 7.89. The standard InChI is InChI=1S/C14H26N2O2S/c17-19(18,11-12-5-8-15-9-6-12)16-10-7-13-3-1-2-4-14(13)16/h12-15H,1-11H2. The van der Waals surface area contributed by atoms with Crippen LogP contribution in [0.3, 0.4) is 0 Å². The van der Waals surface area contributed by atoms with Crippen LogP contribution in [0.4, 0.5) is 0 Å². The lowest BCUT2D eigenvalue weighted by molar-refractivity contribution is 0.258. The first-order valence-corrected chi connectivity index (χ1v) is 9.48. The van der Waals surface area contributed by atoms with Crippen molar-refractivity contribution in [3.8, 4) is 0 Å². The van der Waals surface area contributed by atoms with Gasteiger partial charge in [-0.15, -0.1) is 0 Å². The molecule has 0 radical (unpaired) electrons. The minimum absolute atomic E-state index is 0.334. The van der Waals surface area contributed by atoms with Crippen molar-refractivity contribution in [2.45, 2.75) is 51.0 Å². The molecule has 4 nitrogen and oxygen atoms in total. The van der Waals surface area contributed by atoms with Crippen molar-refractivity contribution in [2.75, 3.05) is 25.4 Å². The average molecular weight is 286 g/mol. The summed E-state index contributed by atoms with van der Waals surface area (Å²) in [6, 6.07) is 0.334. The Bertz CT molecular complexity index is 404. The van der Waals surface area contributed by atoms with Crippen LogP contribution in [0.5, 0.6) is 0 Å². The van der Waals surface area contributed by atoms with Crippen LogP contribution in [0.15, 0.2) is 0 Å². The maximum Gasteiger partial charge on any atom is 0.214 e. The molecule has 1 N–H and O–H groups in total. The fourth-order valence-corrected chi connectivity index (χ4v) is 6.34. The van der Waals surface area contributed by atoms with Gasteiger partial charge >= 0.3 is 0 Å². The molecule has 19 heavy (non-hydrogen) atoms. The molecule has 0 bridgehead atoms. The van der Waals surface area contributed by atoms with Crippen LogP contribution in [0, 0.1) is 11.8 Å². The first kappa shape index (κ1) is 13.8. The van der Waals surface area contributed by atoms with E-state index in [2.05, 4.69) is 5.32 Å². The van der Waals surface area contributed by atoms with E-state index in [-0.39, 0.29) is 0 Å². The molecular weight excluding hydrogens is 260 g/mol. The lowest BCUT2D eigenvalue weighted by Crippen LogP contribution is -2.42. The molecule has 0 spiro atoms. The van der Waals surface area contributed by atoms with Gasteiger partial charge in [-0.25, -0.2) is 8.42 Å². The Labute approximate surface area is 117 Å². The SMILES string of the molecule is O=S(=O)(CC1CCNCC1)N1CCC2CCCCC21. The van der Waals surface area contributed by atoms with Crippen molar-refractivity contribution in [1.29, 1.82) is 0 Å². The molecule has 0 amide bonds. The molecule has 1 saturated carbocycles. The molecule has 0 aromatic heterocycles. The van der Waals surface area contributed by atoms with E-state index in [1.54, 1.807) is 0 Å². The summed E-state index contributed by atoms with van der Waals surface area (Å²) in [5.74, 6) is 1.41. The monoisotopic (exact) mass is 286 g/mol. The first-order chi connectivity index (χ1) is 9.17. The Morgan fingerprint density at radius 3 is 2.53 bits per heavy atom. The smallest absolute Gasteiger partial charge is 0.214 e. The third-order valence-corrected chi connectivity index (χ3v) is 7.28. The van der Waals surface area contributed by atoms with Crippen molar-refractivity contribution in [1.82, 2.24) is 9.62 Å². The van der Waals surface area contributed by atoms with E-state index >= 15 is 0 Å². The van der Waals surface area contributed by atoms with Gasteiger partial charge in [-0.2, -0.15) is 4.31 Å². The Morgan fingerprint density at radius 2 is 1.74 bits per heavy atom. The van der Waals surface area contributed by atoms with Crippen molar-refractivity contribution < 1.29 is 8.42 Å². The van der Waals surface area contributed by atoms with E-state index in [0.29, 0.717) is 23.6 Å². The zero-order valence-corrected chi connectivity index (χ0v) is 12.5. The second-order valence-electron chi connectivity index (χ2n) is 6.48. The molecule has 5 heteroatoms. The molecule has 3 rings (SSSR count). The highest BCUT2D eigenvalue weighted by Crippen LogP contribution is 2.38. The van der Waals surface area contributed by atoms with E-state index in [9.17, 15) is 8.42 Å². The molecule has 2 heterocycles. The quantitative estimate of drug-likeness (QED) is 0.857. The summed E-state index contributed by atoms with van der Waals surface area (Å²) in [7, 11) is -3.02. The Balaban J connectivity index is 1.66. The summed E-state index contributed by atoms with van der Waals surface area (Å²) in [6.07, 6.45) is 7.96. The van der Waals surface area contributed by atoms with Crippen LogP contribution in [0.1, 0.15) is 44.9 Å². The Hall–Kier alpha value is -0.130. The van der Waals surface area contributed by atoms with Gasteiger partial charge in [0.25, 0.3) is 0 Å². The second-order valence-corrected chi connectivity index (χ2v) is 8.45. The molecule has 0 aromatic carbocycles. The maximum atomic E-state index is 12.7. The average Bonchev–Trinajstić information content (AvgIpc) is 2.84. The molecule has 0 aromatic rings. The number of hydrogen-bond acceptors (Lipinski definition) is 3. The topological polar surface area (TPSA) is 49.4 Å². The molecule has 110 valence electrons. The molecular formula is C14H26N2O2S. The van der Waals surface area contributed by atoms with Crippen LogP contribution in [-0.4, -0.2) is 44.2 Å². The maximum absolute atomic E-state index is 12.7. The molecule has 3 aliphatic rings. The van der Waals surface area contributed by atoms with Gasteiger partial charge in [-0.05, 0) is 57.0 Å². The second kappa shape index (κ2) is 5.70. The van der Waals surface area contributed by atoms with Crippen LogP contribution in [-0.2, 0) is 10.0 Å². The normalized spacial score (nSPS) is 34.3. The predicted octanol–water partition coefficient (Wildman–Crippen LogP) is 1.58. The van der Waals surface area contributed by atoms with Gasteiger partial charge in [0.05, 0.1) is 5.75 Å². The number of fused-ring (bicyclic) bond motifs is 1. The van der Waals surface area contributed by atoms with Crippen LogP contribution >= 0.6 is 0 Å². The zero-order chi connectivity index (χ0) is 13.3. The summed E-state index contributed by atoms with van der Waals surface area (Å²) in [5.41, 5.74) is 0. The van der Waals surface area contributed by atoms with Crippen molar-refractivity contribution >= 4 is 10.0 Å². The zero-order valence-electron chi connectivity index (χ0n) is 11.7. The van der Waals surface area contributed by atoms with Gasteiger partial charge < -0.3 is 5.32 Å². The molecule has 2 unspecified atom stereocenters.